The Balaban J connectivity index is 1.72. The average Bonchev–Trinajstić information content (AvgIpc) is 3.61. The molecule has 1 fully saturated rings. The van der Waals surface area contributed by atoms with E-state index in [0.29, 0.717) is 23.2 Å². The van der Waals surface area contributed by atoms with E-state index in [4.69, 9.17) is 32.9 Å². The summed E-state index contributed by atoms with van der Waals surface area (Å²) in [6, 6.07) is 8.39. The number of halogens is 2. The summed E-state index contributed by atoms with van der Waals surface area (Å²) < 4.78 is 24.9. The Morgan fingerprint density at radius 1 is 1.35 bits per heavy atom. The summed E-state index contributed by atoms with van der Waals surface area (Å²) in [5, 5.41) is 10.0. The molecule has 0 aliphatic heterocycles. The number of carboxylic acid groups (broad SMARTS) is 1. The lowest BCUT2D eigenvalue weighted by Gasteiger charge is -2.31. The van der Waals surface area contributed by atoms with Gasteiger partial charge in [-0.3, -0.25) is 0 Å². The minimum Gasteiger partial charge on any atom is -0.496 e. The van der Waals surface area contributed by atoms with Crippen LogP contribution in [0.1, 0.15) is 46.9 Å². The van der Waals surface area contributed by atoms with Crippen LogP contribution in [-0.4, -0.2) is 29.9 Å². The molecule has 0 bridgehead atoms. The zero-order valence-electron chi connectivity index (χ0n) is 20.9. The Kier molecular flexibility index (Phi) is 8.25. The highest BCUT2D eigenvalue weighted by atomic mass is 35.5. The van der Waals surface area contributed by atoms with Crippen LogP contribution in [0.15, 0.2) is 30.3 Å². The van der Waals surface area contributed by atoms with E-state index in [2.05, 4.69) is 10.7 Å². The lowest BCUT2D eigenvalue weighted by molar-refractivity contribution is 0.0845. The highest BCUT2D eigenvalue weighted by molar-refractivity contribution is 7.16. The largest absolute Gasteiger partial charge is 0.506 e. The monoisotopic (exact) mass is 542 g/mol. The van der Waals surface area contributed by atoms with Crippen LogP contribution in [0, 0.1) is 37.9 Å². The quantitative estimate of drug-likeness (QED) is 0.212. The third kappa shape index (κ3) is 6.17. The van der Waals surface area contributed by atoms with Crippen molar-refractivity contribution in [1.29, 1.82) is 0 Å². The van der Waals surface area contributed by atoms with E-state index >= 15 is 0 Å². The molecule has 194 valence electrons. The molecule has 1 heterocycles. The van der Waals surface area contributed by atoms with Crippen LogP contribution >= 0.6 is 22.9 Å². The van der Waals surface area contributed by atoms with Gasteiger partial charge in [-0.2, -0.15) is 0 Å². The molecule has 4 rings (SSSR count). The molecular formula is C28H28ClFN2O4S. The number of methoxy groups -OCH3 is 1. The van der Waals surface area contributed by atoms with Crippen molar-refractivity contribution in [3.8, 4) is 29.4 Å². The second-order valence-corrected chi connectivity index (χ2v) is 10.7. The molecule has 6 nitrogen and oxygen atoms in total. The maximum absolute atomic E-state index is 14.9. The third-order valence-electron chi connectivity index (χ3n) is 6.48. The lowest BCUT2D eigenvalue weighted by Crippen LogP contribution is -2.29. The summed E-state index contributed by atoms with van der Waals surface area (Å²) in [5.41, 5.74) is 3.47. The predicted molar refractivity (Wildman–Crippen MR) is 144 cm³/mol. The smallest absolute Gasteiger partial charge is 0.496 e. The van der Waals surface area contributed by atoms with Crippen molar-refractivity contribution in [1.82, 2.24) is 4.98 Å². The van der Waals surface area contributed by atoms with Gasteiger partial charge in [0.1, 0.15) is 18.2 Å². The Morgan fingerprint density at radius 2 is 2.11 bits per heavy atom. The molecular weight excluding hydrogens is 515 g/mol. The molecule has 9 heteroatoms. The van der Waals surface area contributed by atoms with E-state index in [1.165, 1.54) is 17.4 Å². The first kappa shape index (κ1) is 26.8. The van der Waals surface area contributed by atoms with Crippen LogP contribution < -0.4 is 9.64 Å². The topological polar surface area (TPSA) is 71.9 Å². The van der Waals surface area contributed by atoms with Gasteiger partial charge in [-0.1, -0.05) is 42.5 Å². The minimum atomic E-state index is -1.45. The Hall–Kier alpha value is -3.28. The van der Waals surface area contributed by atoms with Gasteiger partial charge < -0.3 is 19.5 Å². The van der Waals surface area contributed by atoms with Crippen molar-refractivity contribution in [2.24, 2.45) is 5.92 Å². The zero-order chi connectivity index (χ0) is 26.7. The number of thiazole rings is 1. The number of anilines is 1. The van der Waals surface area contributed by atoms with Crippen LogP contribution in [0.4, 0.5) is 14.3 Å². The summed E-state index contributed by atoms with van der Waals surface area (Å²) in [6.07, 6.45) is 7.39. The van der Waals surface area contributed by atoms with Gasteiger partial charge in [0.25, 0.3) is 0 Å². The molecule has 0 amide bonds. The summed E-state index contributed by atoms with van der Waals surface area (Å²) in [4.78, 5) is 18.7. The summed E-state index contributed by atoms with van der Waals surface area (Å²) in [5.74, 6) is 3.47. The van der Waals surface area contributed by atoms with E-state index in [9.17, 15) is 9.18 Å². The zero-order valence-corrected chi connectivity index (χ0v) is 22.5. The molecule has 3 aromatic rings. The third-order valence-corrected chi connectivity index (χ3v) is 7.80. The molecule has 37 heavy (non-hydrogen) atoms. The average molecular weight is 543 g/mol. The predicted octanol–water partition coefficient (Wildman–Crippen LogP) is 7.40. The Bertz CT molecular complexity index is 1350. The van der Waals surface area contributed by atoms with Crippen LogP contribution in [0.5, 0.6) is 5.75 Å². The van der Waals surface area contributed by atoms with Gasteiger partial charge in [-0.05, 0) is 55.5 Å². The molecule has 1 N–H and O–H groups in total. The first-order valence-electron chi connectivity index (χ1n) is 11.9. The molecule has 2 aromatic carbocycles. The SMILES string of the molecule is C#CCN(c1nc(-c2cc(C)c(OC)cc2Cl)c(C)s1)C(CC1CC1)c1ccc(COC(=O)O)c(F)c1. The number of carbonyl (C=O) groups is 1. The van der Waals surface area contributed by atoms with Crippen LogP contribution in [0.25, 0.3) is 11.3 Å². The molecule has 1 saturated carbocycles. The maximum Gasteiger partial charge on any atom is 0.506 e. The molecule has 1 aromatic heterocycles. The number of benzene rings is 2. The van der Waals surface area contributed by atoms with E-state index in [-0.39, 0.29) is 18.2 Å². The Labute approximate surface area is 225 Å². The number of ether oxygens (including phenoxy) is 2. The van der Waals surface area contributed by atoms with Crippen LogP contribution in [0.2, 0.25) is 5.02 Å². The van der Waals surface area contributed by atoms with Crippen molar-refractivity contribution in [2.75, 3.05) is 18.6 Å². The lowest BCUT2D eigenvalue weighted by atomic mass is 9.98. The second-order valence-electron chi connectivity index (χ2n) is 9.14. The number of aromatic nitrogens is 1. The first-order chi connectivity index (χ1) is 17.7. The number of hydrogen-bond donors (Lipinski definition) is 1. The standard InChI is InChI=1S/C28H28ClFN2O4S/c1-5-10-32(27-31-26(17(3)37-27)21-11-16(2)25(35-4)14-22(21)29)24(12-18-6-7-18)19-8-9-20(23(30)13-19)15-36-28(33)34/h1,8-9,11,13-14,18,24H,6-7,10,12,15H2,2-4H3,(H,33,34). The van der Waals surface area contributed by atoms with Crippen molar-refractivity contribution in [3.63, 3.8) is 0 Å². The first-order valence-corrected chi connectivity index (χ1v) is 13.1. The molecule has 0 saturated heterocycles. The number of hydrogen-bond acceptors (Lipinski definition) is 6. The van der Waals surface area contributed by atoms with Crippen LogP contribution in [0.3, 0.4) is 0 Å². The van der Waals surface area contributed by atoms with Gasteiger partial charge in [0.05, 0.1) is 30.4 Å². The van der Waals surface area contributed by atoms with Gasteiger partial charge in [0.2, 0.25) is 0 Å². The molecule has 1 unspecified atom stereocenters. The fourth-order valence-corrected chi connectivity index (χ4v) is 5.58. The van der Waals surface area contributed by atoms with E-state index < -0.39 is 12.0 Å². The molecule has 1 aliphatic carbocycles. The van der Waals surface area contributed by atoms with Gasteiger partial charge in [0, 0.05) is 16.0 Å². The number of nitrogens with zero attached hydrogens (tertiary/aromatic N) is 2. The van der Waals surface area contributed by atoms with Crippen molar-refractivity contribution in [3.05, 3.63) is 62.7 Å². The molecule has 1 aliphatic rings. The second kappa shape index (κ2) is 11.4. The highest BCUT2D eigenvalue weighted by Gasteiger charge is 2.32. The minimum absolute atomic E-state index is 0.178. The highest BCUT2D eigenvalue weighted by Crippen LogP contribution is 2.44. The molecule has 0 spiro atoms. The number of rotatable bonds is 10. The van der Waals surface area contributed by atoms with Gasteiger partial charge in [0.15, 0.2) is 5.13 Å². The van der Waals surface area contributed by atoms with Gasteiger partial charge in [-0.25, -0.2) is 14.2 Å². The van der Waals surface area contributed by atoms with E-state index in [0.717, 1.165) is 51.7 Å². The molecule has 1 atom stereocenters. The van der Waals surface area contributed by atoms with Crippen molar-refractivity contribution < 1.29 is 23.8 Å². The van der Waals surface area contributed by atoms with Crippen LogP contribution in [-0.2, 0) is 11.3 Å². The Morgan fingerprint density at radius 3 is 2.73 bits per heavy atom. The van der Waals surface area contributed by atoms with Gasteiger partial charge in [-0.15, -0.1) is 17.8 Å². The van der Waals surface area contributed by atoms with E-state index in [1.807, 2.05) is 30.9 Å². The maximum atomic E-state index is 14.9. The summed E-state index contributed by atoms with van der Waals surface area (Å²) in [7, 11) is 1.61. The normalized spacial score (nSPS) is 13.6. The van der Waals surface area contributed by atoms with Crippen molar-refractivity contribution >= 4 is 34.2 Å². The summed E-state index contributed by atoms with van der Waals surface area (Å²) in [6.45, 7) is 3.90. The van der Waals surface area contributed by atoms with E-state index in [1.54, 1.807) is 19.2 Å². The number of aryl methyl sites for hydroxylation is 2. The molecule has 0 radical (unpaired) electrons. The fourth-order valence-electron chi connectivity index (χ4n) is 4.37. The number of terminal acetylenes is 1. The van der Waals surface area contributed by atoms with Crippen molar-refractivity contribution in [2.45, 2.75) is 45.8 Å². The summed E-state index contributed by atoms with van der Waals surface area (Å²) >= 11 is 8.12. The fraction of sp³-hybridized carbons (Fsp3) is 0.357. The van der Waals surface area contributed by atoms with Gasteiger partial charge >= 0.3 is 6.16 Å².